The molecule has 3 heterocycles. The molecule has 10 heteroatoms. The number of benzene rings is 3. The second-order valence-electron chi connectivity index (χ2n) is 9.59. The summed E-state index contributed by atoms with van der Waals surface area (Å²) >= 11 is 0. The number of nitrogens with one attached hydrogen (secondary N) is 1. The van der Waals surface area contributed by atoms with Gasteiger partial charge in [0.05, 0.1) is 38.1 Å². The highest BCUT2D eigenvalue weighted by Crippen LogP contribution is 2.35. The van der Waals surface area contributed by atoms with E-state index in [0.717, 1.165) is 45.0 Å². The molecule has 1 saturated heterocycles. The number of ether oxygens (including phenoxy) is 4. The van der Waals surface area contributed by atoms with Crippen molar-refractivity contribution < 1.29 is 18.9 Å². The van der Waals surface area contributed by atoms with Crippen LogP contribution in [0.15, 0.2) is 71.5 Å². The third kappa shape index (κ3) is 5.18. The van der Waals surface area contributed by atoms with Gasteiger partial charge in [-0.1, -0.05) is 18.2 Å². The number of methoxy groups -OCH3 is 1. The standard InChI is InChI=1S/C30H31N5O5/c1-37-25-18-23-24(19-26(25)39-15-5-12-34-13-16-38-17-14-34)32-30(36)27-28(23)33-35(29(27)31)20-8-10-22(11-9-20)40-21-6-3-2-4-7-21/h2-4,6-11,18-19H,5,12-17,31H2,1H3,(H,32,36). The number of hydrogen-bond donors (Lipinski definition) is 2. The van der Waals surface area contributed by atoms with E-state index in [4.69, 9.17) is 29.8 Å². The molecule has 10 nitrogen and oxygen atoms in total. The van der Waals surface area contributed by atoms with Gasteiger partial charge in [-0.3, -0.25) is 9.69 Å². The Morgan fingerprint density at radius 1 is 1.00 bits per heavy atom. The molecule has 0 atom stereocenters. The molecule has 1 aliphatic heterocycles. The quantitative estimate of drug-likeness (QED) is 0.265. The summed E-state index contributed by atoms with van der Waals surface area (Å²) in [5, 5.41) is 5.76. The molecule has 0 amide bonds. The van der Waals surface area contributed by atoms with Crippen LogP contribution in [0.3, 0.4) is 0 Å². The smallest absolute Gasteiger partial charge is 0.261 e. The highest BCUT2D eigenvalue weighted by Gasteiger charge is 2.19. The van der Waals surface area contributed by atoms with Crippen LogP contribution in [0.25, 0.3) is 27.5 Å². The summed E-state index contributed by atoms with van der Waals surface area (Å²) in [6.07, 6.45) is 0.868. The lowest BCUT2D eigenvalue weighted by Gasteiger charge is -2.26. The molecule has 0 unspecified atom stereocenters. The van der Waals surface area contributed by atoms with Crippen molar-refractivity contribution >= 4 is 27.6 Å². The number of nitrogen functional groups attached to an aromatic ring is 1. The first-order valence-corrected chi connectivity index (χ1v) is 13.3. The number of fused-ring (bicyclic) bond motifs is 3. The predicted octanol–water partition coefficient (Wildman–Crippen LogP) is 4.35. The average Bonchev–Trinajstić information content (AvgIpc) is 3.34. The molecule has 6 rings (SSSR count). The predicted molar refractivity (Wildman–Crippen MR) is 154 cm³/mol. The Bertz CT molecular complexity index is 1680. The molecule has 206 valence electrons. The lowest BCUT2D eigenvalue weighted by molar-refractivity contribution is 0.0357. The number of aromatic nitrogens is 3. The zero-order valence-electron chi connectivity index (χ0n) is 22.3. The summed E-state index contributed by atoms with van der Waals surface area (Å²) < 4.78 is 24.6. The van der Waals surface area contributed by atoms with Gasteiger partial charge in [-0.25, -0.2) is 4.68 Å². The van der Waals surface area contributed by atoms with Crippen molar-refractivity contribution in [2.45, 2.75) is 6.42 Å². The Kier molecular flexibility index (Phi) is 7.26. The zero-order chi connectivity index (χ0) is 27.5. The lowest BCUT2D eigenvalue weighted by Crippen LogP contribution is -2.37. The van der Waals surface area contributed by atoms with E-state index in [1.165, 1.54) is 0 Å². The Morgan fingerprint density at radius 2 is 1.75 bits per heavy atom. The molecule has 2 aromatic heterocycles. The van der Waals surface area contributed by atoms with Crippen molar-refractivity contribution in [3.8, 4) is 28.7 Å². The highest BCUT2D eigenvalue weighted by molar-refractivity contribution is 6.07. The number of morpholine rings is 1. The van der Waals surface area contributed by atoms with Gasteiger partial charge in [0.15, 0.2) is 11.5 Å². The van der Waals surface area contributed by atoms with Crippen LogP contribution in [0.5, 0.6) is 23.0 Å². The maximum Gasteiger partial charge on any atom is 0.261 e. The molecule has 0 aliphatic carbocycles. The first kappa shape index (κ1) is 25.7. The second kappa shape index (κ2) is 11.3. The minimum atomic E-state index is -0.321. The van der Waals surface area contributed by atoms with E-state index in [0.29, 0.717) is 51.3 Å². The molecule has 3 N–H and O–H groups in total. The van der Waals surface area contributed by atoms with Crippen molar-refractivity contribution in [2.75, 3.05) is 52.3 Å². The fourth-order valence-electron chi connectivity index (χ4n) is 4.93. The summed E-state index contributed by atoms with van der Waals surface area (Å²) in [4.78, 5) is 18.4. The average molecular weight is 542 g/mol. The van der Waals surface area contributed by atoms with E-state index in [2.05, 4.69) is 9.88 Å². The Balaban J connectivity index is 1.27. The van der Waals surface area contributed by atoms with Gasteiger partial charge in [0.1, 0.15) is 28.2 Å². The fraction of sp³-hybridized carbons (Fsp3) is 0.267. The van der Waals surface area contributed by atoms with Crippen LogP contribution in [-0.2, 0) is 4.74 Å². The van der Waals surface area contributed by atoms with Crippen molar-refractivity contribution in [3.63, 3.8) is 0 Å². The largest absolute Gasteiger partial charge is 0.493 e. The summed E-state index contributed by atoms with van der Waals surface area (Å²) in [5.41, 5.74) is 7.91. The van der Waals surface area contributed by atoms with Gasteiger partial charge in [0.25, 0.3) is 5.56 Å². The number of para-hydroxylation sites is 1. The molecule has 40 heavy (non-hydrogen) atoms. The first-order chi connectivity index (χ1) is 19.6. The minimum Gasteiger partial charge on any atom is -0.493 e. The number of hydrogen-bond acceptors (Lipinski definition) is 8. The van der Waals surface area contributed by atoms with Gasteiger partial charge < -0.3 is 29.7 Å². The zero-order valence-corrected chi connectivity index (χ0v) is 22.3. The van der Waals surface area contributed by atoms with Crippen LogP contribution in [0.1, 0.15) is 6.42 Å². The lowest BCUT2D eigenvalue weighted by atomic mass is 10.1. The minimum absolute atomic E-state index is 0.247. The molecule has 0 spiro atoms. The number of anilines is 1. The third-order valence-corrected chi connectivity index (χ3v) is 7.00. The van der Waals surface area contributed by atoms with Crippen LogP contribution < -0.4 is 25.5 Å². The fourth-order valence-corrected chi connectivity index (χ4v) is 4.93. The van der Waals surface area contributed by atoms with E-state index in [-0.39, 0.29) is 11.4 Å². The molecular formula is C30H31N5O5. The molecule has 1 fully saturated rings. The van der Waals surface area contributed by atoms with Gasteiger partial charge in [-0.15, -0.1) is 0 Å². The van der Waals surface area contributed by atoms with E-state index in [9.17, 15) is 4.79 Å². The Morgan fingerprint density at radius 3 is 2.50 bits per heavy atom. The molecule has 1 aliphatic rings. The van der Waals surface area contributed by atoms with Crippen molar-refractivity contribution in [2.24, 2.45) is 0 Å². The molecule has 0 saturated carbocycles. The second-order valence-corrected chi connectivity index (χ2v) is 9.59. The summed E-state index contributed by atoms with van der Waals surface area (Å²) in [6, 6.07) is 20.5. The molecule has 3 aromatic carbocycles. The van der Waals surface area contributed by atoms with Crippen LogP contribution in [0.2, 0.25) is 0 Å². The van der Waals surface area contributed by atoms with Gasteiger partial charge in [-0.05, 0) is 48.9 Å². The summed E-state index contributed by atoms with van der Waals surface area (Å²) in [6.45, 7) is 4.89. The van der Waals surface area contributed by atoms with Crippen LogP contribution >= 0.6 is 0 Å². The number of nitrogens with two attached hydrogens (primary N) is 1. The summed E-state index contributed by atoms with van der Waals surface area (Å²) in [7, 11) is 1.59. The number of aromatic amines is 1. The van der Waals surface area contributed by atoms with Crippen molar-refractivity contribution in [1.29, 1.82) is 0 Å². The van der Waals surface area contributed by atoms with Crippen LogP contribution in [-0.4, -0.2) is 66.2 Å². The van der Waals surface area contributed by atoms with E-state index < -0.39 is 0 Å². The maximum absolute atomic E-state index is 13.1. The van der Waals surface area contributed by atoms with Crippen molar-refractivity contribution in [1.82, 2.24) is 19.7 Å². The number of rotatable bonds is 9. The maximum atomic E-state index is 13.1. The normalized spacial score (nSPS) is 14.0. The van der Waals surface area contributed by atoms with Gasteiger partial charge >= 0.3 is 0 Å². The van der Waals surface area contributed by atoms with Crippen LogP contribution in [0.4, 0.5) is 5.82 Å². The number of pyridine rings is 1. The Labute approximate surface area is 230 Å². The first-order valence-electron chi connectivity index (χ1n) is 13.3. The molecule has 0 bridgehead atoms. The molecule has 0 radical (unpaired) electrons. The third-order valence-electron chi connectivity index (χ3n) is 7.00. The molecule has 5 aromatic rings. The van der Waals surface area contributed by atoms with Crippen LogP contribution in [0, 0.1) is 0 Å². The highest BCUT2D eigenvalue weighted by atomic mass is 16.5. The number of nitrogens with zero attached hydrogens (tertiary/aromatic N) is 3. The number of H-pyrrole nitrogens is 1. The van der Waals surface area contributed by atoms with E-state index in [1.807, 2.05) is 60.7 Å². The summed E-state index contributed by atoms with van der Waals surface area (Å²) in [5.74, 6) is 2.79. The van der Waals surface area contributed by atoms with Gasteiger partial charge in [0, 0.05) is 31.1 Å². The topological polar surface area (TPSA) is 117 Å². The van der Waals surface area contributed by atoms with Gasteiger partial charge in [-0.2, -0.15) is 5.10 Å². The molecular weight excluding hydrogens is 510 g/mol. The van der Waals surface area contributed by atoms with E-state index in [1.54, 1.807) is 17.9 Å². The monoisotopic (exact) mass is 541 g/mol. The Hall–Kier alpha value is -4.54. The van der Waals surface area contributed by atoms with Gasteiger partial charge in [0.2, 0.25) is 0 Å². The van der Waals surface area contributed by atoms with Crippen molar-refractivity contribution in [3.05, 3.63) is 77.1 Å². The van der Waals surface area contributed by atoms with E-state index >= 15 is 0 Å². The SMILES string of the molecule is COc1cc2c(cc1OCCCN1CCOCC1)[nH]c(=O)c1c(N)n(-c3ccc(Oc4ccccc4)cc3)nc12.